The lowest BCUT2D eigenvalue weighted by molar-refractivity contribution is 0.244. The first-order valence-corrected chi connectivity index (χ1v) is 4.58. The van der Waals surface area contributed by atoms with Gasteiger partial charge in [0.05, 0.1) is 7.85 Å². The number of hydrogen-bond acceptors (Lipinski definition) is 0. The third kappa shape index (κ3) is 1.90. The van der Waals surface area contributed by atoms with Crippen molar-refractivity contribution in [3.63, 3.8) is 0 Å². The molecule has 0 nitrogen and oxygen atoms in total. The third-order valence-electron chi connectivity index (χ3n) is 2.66. The predicted octanol–water partition coefficient (Wildman–Crippen LogP) is 2.56. The third-order valence-corrected chi connectivity index (χ3v) is 3.16. The van der Waals surface area contributed by atoms with Gasteiger partial charge in [-0.05, 0) is 18.3 Å². The molecule has 1 aliphatic carbocycles. The average Bonchev–Trinajstić information content (AvgIpc) is 2.17. The lowest BCUT2D eigenvalue weighted by Crippen LogP contribution is -2.15. The maximum atomic E-state index is 13.0. The average molecular weight is 174 g/mol. The SMILES string of the molecule is [B]CCC1C(Cl)CC(F)C1C. The Morgan fingerprint density at radius 3 is 2.64 bits per heavy atom. The van der Waals surface area contributed by atoms with E-state index in [1.807, 2.05) is 6.92 Å². The Bertz CT molecular complexity index is 131. The summed E-state index contributed by atoms with van der Waals surface area (Å²) in [5, 5.41) is 0.00329. The Kier molecular flexibility index (Phi) is 3.23. The maximum Gasteiger partial charge on any atom is 0.104 e. The zero-order valence-corrected chi connectivity index (χ0v) is 7.52. The molecule has 4 atom stereocenters. The molecule has 0 aromatic rings. The van der Waals surface area contributed by atoms with Crippen molar-refractivity contribution in [3.8, 4) is 0 Å². The van der Waals surface area contributed by atoms with Crippen LogP contribution >= 0.6 is 11.6 Å². The Morgan fingerprint density at radius 1 is 1.64 bits per heavy atom. The highest BCUT2D eigenvalue weighted by atomic mass is 35.5. The standard InChI is InChI=1S/C8H13BClF/c1-5-6(2-3-9)7(10)4-8(5)11/h5-8H,2-4H2,1H3. The fourth-order valence-electron chi connectivity index (χ4n) is 1.84. The smallest absolute Gasteiger partial charge is 0.104 e. The van der Waals surface area contributed by atoms with E-state index in [2.05, 4.69) is 0 Å². The van der Waals surface area contributed by atoms with E-state index < -0.39 is 6.17 Å². The van der Waals surface area contributed by atoms with Crippen LogP contribution in [-0.2, 0) is 0 Å². The monoisotopic (exact) mass is 174 g/mol. The molecule has 3 heteroatoms. The molecule has 0 N–H and O–H groups in total. The molecule has 1 rings (SSSR count). The molecule has 1 saturated carbocycles. The molecule has 0 aromatic carbocycles. The fraction of sp³-hybridized carbons (Fsp3) is 1.00. The zero-order chi connectivity index (χ0) is 8.43. The zero-order valence-electron chi connectivity index (χ0n) is 6.76. The van der Waals surface area contributed by atoms with Gasteiger partial charge in [0.2, 0.25) is 0 Å². The van der Waals surface area contributed by atoms with Gasteiger partial charge in [0.25, 0.3) is 0 Å². The summed E-state index contributed by atoms with van der Waals surface area (Å²) in [5.41, 5.74) is 0. The fourth-order valence-corrected chi connectivity index (χ4v) is 2.36. The van der Waals surface area contributed by atoms with Crippen molar-refractivity contribution in [2.24, 2.45) is 11.8 Å². The van der Waals surface area contributed by atoms with Crippen LogP contribution in [0.5, 0.6) is 0 Å². The Hall–Kier alpha value is 0.285. The number of halogens is 2. The van der Waals surface area contributed by atoms with Crippen LogP contribution in [0.3, 0.4) is 0 Å². The van der Waals surface area contributed by atoms with Crippen LogP contribution in [0.25, 0.3) is 0 Å². The van der Waals surface area contributed by atoms with Crippen LogP contribution in [0.1, 0.15) is 19.8 Å². The van der Waals surface area contributed by atoms with Crippen molar-refractivity contribution >= 4 is 19.4 Å². The van der Waals surface area contributed by atoms with Gasteiger partial charge in [0.1, 0.15) is 6.17 Å². The minimum atomic E-state index is -0.714. The second-order valence-electron chi connectivity index (χ2n) is 3.37. The molecule has 1 fully saturated rings. The lowest BCUT2D eigenvalue weighted by atomic mass is 9.87. The highest BCUT2D eigenvalue weighted by Gasteiger charge is 2.38. The predicted molar refractivity (Wildman–Crippen MR) is 47.0 cm³/mol. The van der Waals surface area contributed by atoms with Gasteiger partial charge in [-0.2, -0.15) is 0 Å². The second kappa shape index (κ2) is 3.80. The molecule has 0 spiro atoms. The van der Waals surface area contributed by atoms with Gasteiger partial charge in [-0.25, -0.2) is 4.39 Å². The molecule has 0 aliphatic heterocycles. The van der Waals surface area contributed by atoms with Crippen molar-refractivity contribution in [2.45, 2.75) is 37.6 Å². The summed E-state index contributed by atoms with van der Waals surface area (Å²) in [4.78, 5) is 0. The summed E-state index contributed by atoms with van der Waals surface area (Å²) in [6.07, 6.45) is 1.27. The van der Waals surface area contributed by atoms with Crippen LogP contribution < -0.4 is 0 Å². The highest BCUT2D eigenvalue weighted by molar-refractivity contribution is 6.21. The molecule has 4 unspecified atom stereocenters. The summed E-state index contributed by atoms with van der Waals surface area (Å²) in [5.74, 6) is 0.387. The van der Waals surface area contributed by atoms with E-state index in [0.717, 1.165) is 6.42 Å². The molecule has 0 bridgehead atoms. The molecule has 0 aromatic heterocycles. The molecule has 0 saturated heterocycles. The van der Waals surface area contributed by atoms with E-state index in [4.69, 9.17) is 19.4 Å². The topological polar surface area (TPSA) is 0 Å². The Labute approximate surface area is 73.9 Å². The Morgan fingerprint density at radius 2 is 2.27 bits per heavy atom. The molecule has 2 radical (unpaired) electrons. The minimum Gasteiger partial charge on any atom is -0.247 e. The van der Waals surface area contributed by atoms with Crippen LogP contribution in [0, 0.1) is 11.8 Å². The van der Waals surface area contributed by atoms with E-state index in [9.17, 15) is 4.39 Å². The summed E-state index contributed by atoms with van der Waals surface area (Å²) in [7, 11) is 5.40. The van der Waals surface area contributed by atoms with Crippen LogP contribution in [-0.4, -0.2) is 19.4 Å². The first kappa shape index (κ1) is 9.37. The van der Waals surface area contributed by atoms with Crippen molar-refractivity contribution in [1.82, 2.24) is 0 Å². The van der Waals surface area contributed by atoms with Crippen molar-refractivity contribution in [3.05, 3.63) is 0 Å². The number of hydrogen-bond donors (Lipinski definition) is 0. The maximum absolute atomic E-state index is 13.0. The molecule has 0 amide bonds. The van der Waals surface area contributed by atoms with Crippen LogP contribution in [0.2, 0.25) is 6.32 Å². The molecular weight excluding hydrogens is 161 g/mol. The van der Waals surface area contributed by atoms with E-state index in [0.29, 0.717) is 12.7 Å². The molecular formula is C8H13BClF. The number of alkyl halides is 2. The summed E-state index contributed by atoms with van der Waals surface area (Å²) in [6.45, 7) is 1.92. The molecule has 11 heavy (non-hydrogen) atoms. The summed E-state index contributed by atoms with van der Waals surface area (Å²) >= 11 is 5.95. The largest absolute Gasteiger partial charge is 0.247 e. The van der Waals surface area contributed by atoms with Gasteiger partial charge in [0, 0.05) is 5.38 Å². The summed E-state index contributed by atoms with van der Waals surface area (Å²) < 4.78 is 13.0. The van der Waals surface area contributed by atoms with Gasteiger partial charge in [-0.1, -0.05) is 19.7 Å². The first-order chi connectivity index (χ1) is 5.16. The molecule has 0 heterocycles. The van der Waals surface area contributed by atoms with Crippen molar-refractivity contribution < 1.29 is 4.39 Å². The highest BCUT2D eigenvalue weighted by Crippen LogP contribution is 2.39. The van der Waals surface area contributed by atoms with Gasteiger partial charge in [-0.3, -0.25) is 0 Å². The minimum absolute atomic E-state index is 0.00329. The van der Waals surface area contributed by atoms with Gasteiger partial charge >= 0.3 is 0 Å². The van der Waals surface area contributed by atoms with E-state index in [1.54, 1.807) is 0 Å². The molecule has 1 aliphatic rings. The van der Waals surface area contributed by atoms with Gasteiger partial charge in [0.15, 0.2) is 0 Å². The Balaban J connectivity index is 2.49. The quantitative estimate of drug-likeness (QED) is 0.446. The first-order valence-electron chi connectivity index (χ1n) is 4.15. The van der Waals surface area contributed by atoms with E-state index in [1.165, 1.54) is 0 Å². The summed E-state index contributed by atoms with van der Waals surface area (Å²) in [6, 6.07) is 0. The lowest BCUT2D eigenvalue weighted by Gasteiger charge is -2.17. The van der Waals surface area contributed by atoms with Gasteiger partial charge < -0.3 is 0 Å². The van der Waals surface area contributed by atoms with E-state index >= 15 is 0 Å². The second-order valence-corrected chi connectivity index (χ2v) is 3.93. The van der Waals surface area contributed by atoms with E-state index in [-0.39, 0.29) is 17.2 Å². The normalized spacial score (nSPS) is 44.6. The van der Waals surface area contributed by atoms with Crippen molar-refractivity contribution in [2.75, 3.05) is 0 Å². The molecule has 62 valence electrons. The van der Waals surface area contributed by atoms with Crippen molar-refractivity contribution in [1.29, 1.82) is 0 Å². The van der Waals surface area contributed by atoms with Crippen LogP contribution in [0.15, 0.2) is 0 Å². The van der Waals surface area contributed by atoms with Gasteiger partial charge in [-0.15, -0.1) is 11.6 Å². The van der Waals surface area contributed by atoms with Crippen LogP contribution in [0.4, 0.5) is 4.39 Å². The number of rotatable bonds is 2.